The van der Waals surface area contributed by atoms with Crippen molar-refractivity contribution in [1.29, 1.82) is 0 Å². The highest BCUT2D eigenvalue weighted by molar-refractivity contribution is 8.15. The van der Waals surface area contributed by atoms with E-state index in [-0.39, 0.29) is 11.2 Å². The molecule has 1 aliphatic heterocycles. The Balaban J connectivity index is 1.61. The Morgan fingerprint density at radius 1 is 1.13 bits per heavy atom. The molecule has 0 aromatic heterocycles. The van der Waals surface area contributed by atoms with Gasteiger partial charge in [-0.1, -0.05) is 65.8 Å². The third kappa shape index (κ3) is 4.43. The van der Waals surface area contributed by atoms with Crippen molar-refractivity contribution in [3.8, 4) is 0 Å². The quantitative estimate of drug-likeness (QED) is 0.682. The van der Waals surface area contributed by atoms with Gasteiger partial charge in [-0.2, -0.15) is 5.10 Å². The van der Waals surface area contributed by atoms with Gasteiger partial charge in [-0.05, 0) is 29.7 Å². The Bertz CT molecular complexity index is 744. The van der Waals surface area contributed by atoms with Crippen molar-refractivity contribution in [2.75, 3.05) is 0 Å². The molecule has 6 heteroatoms. The SMILES string of the molecule is O=C1N/C(=N\N=C/c2ccc(Cl)cc2)SC1Cc1ccccc1. The molecule has 1 aliphatic rings. The number of hydrogen-bond acceptors (Lipinski definition) is 4. The van der Waals surface area contributed by atoms with Crippen molar-refractivity contribution in [3.05, 3.63) is 70.7 Å². The summed E-state index contributed by atoms with van der Waals surface area (Å²) < 4.78 is 0. The first kappa shape index (κ1) is 15.8. The molecule has 1 atom stereocenters. The van der Waals surface area contributed by atoms with E-state index in [9.17, 15) is 4.79 Å². The maximum Gasteiger partial charge on any atom is 0.239 e. The van der Waals surface area contributed by atoms with Gasteiger partial charge in [0.2, 0.25) is 5.91 Å². The number of halogens is 1. The van der Waals surface area contributed by atoms with Crippen molar-refractivity contribution in [3.63, 3.8) is 0 Å². The van der Waals surface area contributed by atoms with Crippen LogP contribution in [-0.2, 0) is 11.2 Å². The molecular formula is C17H14ClN3OS. The molecule has 1 heterocycles. The molecule has 3 rings (SSSR count). The molecule has 1 N–H and O–H groups in total. The minimum absolute atomic E-state index is 0.0284. The predicted octanol–water partition coefficient (Wildman–Crippen LogP) is 3.50. The number of hydrogen-bond donors (Lipinski definition) is 1. The van der Waals surface area contributed by atoms with Gasteiger partial charge in [-0.25, -0.2) is 0 Å². The van der Waals surface area contributed by atoms with Crippen LogP contribution in [-0.4, -0.2) is 22.5 Å². The lowest BCUT2D eigenvalue weighted by Crippen LogP contribution is -2.25. The predicted molar refractivity (Wildman–Crippen MR) is 96.1 cm³/mol. The molecule has 1 fully saturated rings. The van der Waals surface area contributed by atoms with Crippen LogP contribution in [0.4, 0.5) is 0 Å². The Kier molecular flexibility index (Phi) is 5.10. The highest BCUT2D eigenvalue weighted by Crippen LogP contribution is 2.23. The Labute approximate surface area is 143 Å². The second kappa shape index (κ2) is 7.44. The van der Waals surface area contributed by atoms with Gasteiger partial charge in [-0.15, -0.1) is 5.10 Å². The van der Waals surface area contributed by atoms with Crippen LogP contribution in [0.15, 0.2) is 64.8 Å². The summed E-state index contributed by atoms with van der Waals surface area (Å²) >= 11 is 7.23. The molecule has 1 saturated heterocycles. The molecule has 0 spiro atoms. The average molecular weight is 344 g/mol. The summed E-state index contributed by atoms with van der Waals surface area (Å²) in [6.45, 7) is 0. The molecule has 23 heavy (non-hydrogen) atoms. The number of amides is 1. The molecule has 4 nitrogen and oxygen atoms in total. The summed E-state index contributed by atoms with van der Waals surface area (Å²) in [5, 5.41) is 11.9. The maximum absolute atomic E-state index is 12.0. The molecule has 116 valence electrons. The molecule has 0 bridgehead atoms. The molecule has 0 saturated carbocycles. The number of thioether (sulfide) groups is 1. The van der Waals surface area contributed by atoms with Crippen LogP contribution < -0.4 is 5.32 Å². The Morgan fingerprint density at radius 2 is 1.87 bits per heavy atom. The summed E-state index contributed by atoms with van der Waals surface area (Å²) in [4.78, 5) is 12.0. The van der Waals surface area contributed by atoms with E-state index in [4.69, 9.17) is 11.6 Å². The summed E-state index contributed by atoms with van der Waals surface area (Å²) in [5.74, 6) is -0.0284. The lowest BCUT2D eigenvalue weighted by molar-refractivity contribution is -0.118. The average Bonchev–Trinajstić information content (AvgIpc) is 2.90. The molecule has 0 aliphatic carbocycles. The third-order valence-electron chi connectivity index (χ3n) is 3.27. The summed E-state index contributed by atoms with van der Waals surface area (Å²) in [6, 6.07) is 17.2. The number of benzene rings is 2. The standard InChI is InChI=1S/C17H14ClN3OS/c18-14-8-6-13(7-9-14)11-19-21-17-20-16(22)15(23-17)10-12-4-2-1-3-5-12/h1-9,11,15H,10H2,(H,20,21,22)/b19-11-. The first-order chi connectivity index (χ1) is 11.2. The molecule has 2 aromatic carbocycles. The zero-order valence-corrected chi connectivity index (χ0v) is 13.7. The molecule has 2 aromatic rings. The molecular weight excluding hydrogens is 330 g/mol. The normalized spacial score (nSPS) is 19.4. The van der Waals surface area contributed by atoms with Crippen LogP contribution in [0.5, 0.6) is 0 Å². The van der Waals surface area contributed by atoms with Gasteiger partial charge in [0.05, 0.1) is 11.5 Å². The van der Waals surface area contributed by atoms with E-state index in [2.05, 4.69) is 15.5 Å². The van der Waals surface area contributed by atoms with E-state index in [1.807, 2.05) is 42.5 Å². The fourth-order valence-corrected chi connectivity index (χ4v) is 3.20. The summed E-state index contributed by atoms with van der Waals surface area (Å²) in [5.41, 5.74) is 2.03. The van der Waals surface area contributed by atoms with Crippen LogP contribution in [0, 0.1) is 0 Å². The smallest absolute Gasteiger partial charge is 0.239 e. The van der Waals surface area contributed by atoms with E-state index in [1.165, 1.54) is 11.8 Å². The number of amidine groups is 1. The van der Waals surface area contributed by atoms with Gasteiger partial charge in [0.1, 0.15) is 0 Å². The van der Waals surface area contributed by atoms with Crippen LogP contribution in [0.3, 0.4) is 0 Å². The second-order valence-corrected chi connectivity index (χ2v) is 6.61. The van der Waals surface area contributed by atoms with Crippen molar-refractivity contribution in [1.82, 2.24) is 5.32 Å². The van der Waals surface area contributed by atoms with E-state index >= 15 is 0 Å². The minimum atomic E-state index is -0.165. The zero-order chi connectivity index (χ0) is 16.1. The van der Waals surface area contributed by atoms with Gasteiger partial charge in [0.15, 0.2) is 5.17 Å². The number of carbonyl (C=O) groups excluding carboxylic acids is 1. The van der Waals surface area contributed by atoms with Gasteiger partial charge in [0, 0.05) is 5.02 Å². The van der Waals surface area contributed by atoms with Crippen LogP contribution in [0.25, 0.3) is 0 Å². The van der Waals surface area contributed by atoms with Crippen LogP contribution in [0.2, 0.25) is 5.02 Å². The van der Waals surface area contributed by atoms with E-state index < -0.39 is 0 Å². The molecule has 1 unspecified atom stereocenters. The van der Waals surface area contributed by atoms with Crippen molar-refractivity contribution >= 4 is 40.7 Å². The number of carbonyl (C=O) groups is 1. The van der Waals surface area contributed by atoms with Crippen LogP contribution >= 0.6 is 23.4 Å². The first-order valence-corrected chi connectivity index (χ1v) is 8.34. The third-order valence-corrected chi connectivity index (χ3v) is 4.59. The maximum atomic E-state index is 12.0. The molecule has 0 radical (unpaired) electrons. The Morgan fingerprint density at radius 3 is 2.61 bits per heavy atom. The number of nitrogens with zero attached hydrogens (tertiary/aromatic N) is 2. The van der Waals surface area contributed by atoms with E-state index in [1.54, 1.807) is 18.3 Å². The molecule has 1 amide bonds. The lowest BCUT2D eigenvalue weighted by atomic mass is 10.1. The van der Waals surface area contributed by atoms with Gasteiger partial charge in [0.25, 0.3) is 0 Å². The number of rotatable bonds is 4. The fraction of sp³-hybridized carbons (Fsp3) is 0.118. The number of nitrogens with one attached hydrogen (secondary N) is 1. The van der Waals surface area contributed by atoms with Crippen molar-refractivity contribution in [2.45, 2.75) is 11.7 Å². The minimum Gasteiger partial charge on any atom is -0.303 e. The highest BCUT2D eigenvalue weighted by Gasteiger charge is 2.30. The first-order valence-electron chi connectivity index (χ1n) is 7.09. The van der Waals surface area contributed by atoms with Crippen LogP contribution in [0.1, 0.15) is 11.1 Å². The van der Waals surface area contributed by atoms with Gasteiger partial charge in [-0.3, -0.25) is 4.79 Å². The van der Waals surface area contributed by atoms with Crippen molar-refractivity contribution < 1.29 is 4.79 Å². The largest absolute Gasteiger partial charge is 0.303 e. The summed E-state index contributed by atoms with van der Waals surface area (Å²) in [7, 11) is 0. The van der Waals surface area contributed by atoms with E-state index in [0.717, 1.165) is 11.1 Å². The Hall–Kier alpha value is -2.11. The van der Waals surface area contributed by atoms with E-state index in [0.29, 0.717) is 16.6 Å². The zero-order valence-electron chi connectivity index (χ0n) is 12.1. The van der Waals surface area contributed by atoms with Gasteiger partial charge < -0.3 is 5.32 Å². The van der Waals surface area contributed by atoms with Crippen molar-refractivity contribution in [2.24, 2.45) is 10.2 Å². The topological polar surface area (TPSA) is 53.8 Å². The second-order valence-electron chi connectivity index (χ2n) is 4.99. The fourth-order valence-electron chi connectivity index (χ4n) is 2.11. The lowest BCUT2D eigenvalue weighted by Gasteiger charge is -2.04. The highest BCUT2D eigenvalue weighted by atomic mass is 35.5. The summed E-state index contributed by atoms with van der Waals surface area (Å²) in [6.07, 6.45) is 2.30. The monoisotopic (exact) mass is 343 g/mol. The van der Waals surface area contributed by atoms with Gasteiger partial charge >= 0.3 is 0 Å².